The van der Waals surface area contributed by atoms with Crippen molar-refractivity contribution in [2.75, 3.05) is 17.6 Å². The molecule has 1 saturated heterocycles. The van der Waals surface area contributed by atoms with Gasteiger partial charge in [0.15, 0.2) is 5.17 Å². The molecule has 3 heterocycles. The number of thioether (sulfide) groups is 1. The minimum Gasteiger partial charge on any atom is -0.345 e. The van der Waals surface area contributed by atoms with Gasteiger partial charge in [0.05, 0.1) is 0 Å². The lowest BCUT2D eigenvalue weighted by atomic mass is 10.2. The molecule has 33 heavy (non-hydrogen) atoms. The smallest absolute Gasteiger partial charge is 0.227 e. The van der Waals surface area contributed by atoms with E-state index in [9.17, 15) is 0 Å². The molecule has 0 spiro atoms. The number of hydrogen-bond acceptors (Lipinski definition) is 7. The number of aryl methyl sites for hydroxylation is 1. The van der Waals surface area contributed by atoms with Gasteiger partial charge in [-0.1, -0.05) is 47.6 Å². The maximum atomic E-state index is 8.54. The topological polar surface area (TPSA) is 90.1 Å². The lowest BCUT2D eigenvalue weighted by Crippen LogP contribution is -2.23. The van der Waals surface area contributed by atoms with Crippen LogP contribution in [0.2, 0.25) is 5.15 Å². The fourth-order valence-electron chi connectivity index (χ4n) is 3.33. The fraction of sp³-hybridized carbons (Fsp3) is 0.292. The van der Waals surface area contributed by atoms with Crippen LogP contribution in [0.1, 0.15) is 35.7 Å². The summed E-state index contributed by atoms with van der Waals surface area (Å²) in [7, 11) is 0. The molecular formula is C24H24ClN7S. The van der Waals surface area contributed by atoms with E-state index in [1.54, 1.807) is 24.0 Å². The fourth-order valence-corrected chi connectivity index (χ4v) is 4.38. The van der Waals surface area contributed by atoms with Crippen LogP contribution in [0.15, 0.2) is 59.7 Å². The molecule has 1 aromatic carbocycles. The van der Waals surface area contributed by atoms with Gasteiger partial charge in [0.25, 0.3) is 0 Å². The maximum Gasteiger partial charge on any atom is 0.227 e. The van der Waals surface area contributed by atoms with E-state index in [0.717, 1.165) is 41.0 Å². The number of halogens is 1. The highest BCUT2D eigenvalue weighted by Crippen LogP contribution is 2.39. The normalized spacial score (nSPS) is 16.2. The average molecular weight is 478 g/mol. The summed E-state index contributed by atoms with van der Waals surface area (Å²) in [5.74, 6) is 2.34. The van der Waals surface area contributed by atoms with E-state index in [4.69, 9.17) is 16.9 Å². The summed E-state index contributed by atoms with van der Waals surface area (Å²) in [6, 6.07) is 15.8. The van der Waals surface area contributed by atoms with Crippen LogP contribution in [0.3, 0.4) is 0 Å². The molecule has 1 N–H and O–H groups in total. The Morgan fingerprint density at radius 2 is 2.03 bits per heavy atom. The number of benzene rings is 1. The van der Waals surface area contributed by atoms with Crippen LogP contribution in [-0.4, -0.2) is 37.3 Å². The van der Waals surface area contributed by atoms with Gasteiger partial charge in [-0.2, -0.15) is 5.26 Å². The van der Waals surface area contributed by atoms with Crippen LogP contribution < -0.4 is 5.32 Å². The highest BCUT2D eigenvalue weighted by Gasteiger charge is 2.25. The van der Waals surface area contributed by atoms with Crippen LogP contribution in [0, 0.1) is 18.4 Å². The van der Waals surface area contributed by atoms with Crippen molar-refractivity contribution in [1.82, 2.24) is 19.9 Å². The van der Waals surface area contributed by atoms with Crippen LogP contribution in [0.25, 0.3) is 0 Å². The molecule has 0 amide bonds. The zero-order valence-corrected chi connectivity index (χ0v) is 19.9. The van der Waals surface area contributed by atoms with Crippen molar-refractivity contribution < 1.29 is 0 Å². The molecule has 1 aliphatic carbocycles. The summed E-state index contributed by atoms with van der Waals surface area (Å²) in [5.41, 5.74) is 4.30. The van der Waals surface area contributed by atoms with Gasteiger partial charge in [-0.05, 0) is 49.6 Å². The number of hydrogen-bond donors (Lipinski definition) is 1. The molecule has 0 radical (unpaired) electrons. The average Bonchev–Trinajstić information content (AvgIpc) is 3.58. The predicted molar refractivity (Wildman–Crippen MR) is 134 cm³/mol. The summed E-state index contributed by atoms with van der Waals surface area (Å²) < 4.78 is 0. The molecule has 0 unspecified atom stereocenters. The van der Waals surface area contributed by atoms with E-state index in [0.29, 0.717) is 17.0 Å². The standard InChI is InChI=1S/C14H15N3.C10H9ClN4S/c1-10-9-13(11-7-8-11)17-14(15-10)16-12-5-3-2-4-6-12;11-9-2-1-8(5-13-9)6-15-3-4-16-10(15)14-7-12/h2-6,9,11H,7-8H2,1H3,(H,15,16,17);1-2,5H,3-4,6H2/b;14-10-. The second kappa shape index (κ2) is 11.1. The van der Waals surface area contributed by atoms with Gasteiger partial charge in [0.2, 0.25) is 12.1 Å². The van der Waals surface area contributed by atoms with Crippen LogP contribution in [-0.2, 0) is 6.54 Å². The molecule has 168 valence electrons. The number of nitrogens with one attached hydrogen (secondary N) is 1. The number of nitriles is 1. The molecule has 1 saturated carbocycles. The van der Waals surface area contributed by atoms with Crippen molar-refractivity contribution in [3.8, 4) is 6.19 Å². The molecule has 3 aromatic rings. The summed E-state index contributed by atoms with van der Waals surface area (Å²) in [4.78, 5) is 18.9. The number of nitrogens with zero attached hydrogens (tertiary/aromatic N) is 6. The first-order chi connectivity index (χ1) is 16.1. The number of amidine groups is 1. The molecule has 0 atom stereocenters. The second-order valence-electron chi connectivity index (χ2n) is 7.78. The Bertz CT molecular complexity index is 1140. The number of pyridine rings is 1. The van der Waals surface area contributed by atoms with Crippen molar-refractivity contribution in [3.63, 3.8) is 0 Å². The Morgan fingerprint density at radius 1 is 1.21 bits per heavy atom. The van der Waals surface area contributed by atoms with Gasteiger partial charge in [-0.3, -0.25) is 0 Å². The molecule has 2 fully saturated rings. The number of rotatable bonds is 5. The van der Waals surface area contributed by atoms with Crippen LogP contribution in [0.5, 0.6) is 0 Å². The van der Waals surface area contributed by atoms with E-state index in [1.807, 2.05) is 49.5 Å². The molecule has 9 heteroatoms. The lowest BCUT2D eigenvalue weighted by Gasteiger charge is -2.16. The van der Waals surface area contributed by atoms with E-state index < -0.39 is 0 Å². The van der Waals surface area contributed by atoms with E-state index >= 15 is 0 Å². The highest BCUT2D eigenvalue weighted by molar-refractivity contribution is 8.14. The second-order valence-corrected chi connectivity index (χ2v) is 9.23. The molecule has 5 rings (SSSR count). The summed E-state index contributed by atoms with van der Waals surface area (Å²) in [6.07, 6.45) is 6.10. The van der Waals surface area contributed by atoms with Gasteiger partial charge in [-0.25, -0.2) is 15.0 Å². The molecular weight excluding hydrogens is 454 g/mol. The predicted octanol–water partition coefficient (Wildman–Crippen LogP) is 5.53. The molecule has 7 nitrogen and oxygen atoms in total. The Kier molecular flexibility index (Phi) is 7.76. The van der Waals surface area contributed by atoms with Crippen LogP contribution >= 0.6 is 23.4 Å². The molecule has 2 aromatic heterocycles. The Balaban J connectivity index is 0.000000157. The Morgan fingerprint density at radius 3 is 2.73 bits per heavy atom. The molecule has 1 aliphatic heterocycles. The number of aromatic nitrogens is 3. The third kappa shape index (κ3) is 6.91. The summed E-state index contributed by atoms with van der Waals surface area (Å²) in [6.45, 7) is 3.65. The number of para-hydroxylation sites is 1. The molecule has 2 aliphatic rings. The van der Waals surface area contributed by atoms with Crippen molar-refractivity contribution in [2.24, 2.45) is 4.99 Å². The van der Waals surface area contributed by atoms with Crippen molar-refractivity contribution >= 4 is 40.2 Å². The van der Waals surface area contributed by atoms with Gasteiger partial charge >= 0.3 is 0 Å². The quantitative estimate of drug-likeness (QED) is 0.381. The first-order valence-electron chi connectivity index (χ1n) is 10.7. The van der Waals surface area contributed by atoms with Crippen molar-refractivity contribution in [1.29, 1.82) is 5.26 Å². The summed E-state index contributed by atoms with van der Waals surface area (Å²) >= 11 is 7.32. The van der Waals surface area contributed by atoms with E-state index in [1.165, 1.54) is 18.5 Å². The van der Waals surface area contributed by atoms with E-state index in [-0.39, 0.29) is 0 Å². The van der Waals surface area contributed by atoms with Gasteiger partial charge in [-0.15, -0.1) is 4.99 Å². The summed E-state index contributed by atoms with van der Waals surface area (Å²) in [5, 5.41) is 13.1. The Labute approximate surface area is 203 Å². The minimum absolute atomic E-state index is 0.491. The number of aliphatic imine (C=N–C) groups is 1. The van der Waals surface area contributed by atoms with Gasteiger partial charge < -0.3 is 10.2 Å². The van der Waals surface area contributed by atoms with E-state index in [2.05, 4.69) is 36.2 Å². The monoisotopic (exact) mass is 477 g/mol. The largest absolute Gasteiger partial charge is 0.345 e. The zero-order valence-electron chi connectivity index (χ0n) is 18.3. The van der Waals surface area contributed by atoms with Crippen molar-refractivity contribution in [3.05, 3.63) is 76.8 Å². The highest BCUT2D eigenvalue weighted by atomic mass is 35.5. The minimum atomic E-state index is 0.491. The van der Waals surface area contributed by atoms with Crippen LogP contribution in [0.4, 0.5) is 11.6 Å². The van der Waals surface area contributed by atoms with Gasteiger partial charge in [0, 0.05) is 48.0 Å². The first-order valence-corrected chi connectivity index (χ1v) is 12.1. The first kappa shape index (κ1) is 23.0. The number of anilines is 2. The zero-order chi connectivity index (χ0) is 23.0. The maximum absolute atomic E-state index is 8.54. The Hall–Kier alpha value is -3.15. The molecule has 0 bridgehead atoms. The lowest BCUT2D eigenvalue weighted by molar-refractivity contribution is 0.456. The third-order valence-corrected chi connectivity index (χ3v) is 6.29. The SMILES string of the molecule is Cc1cc(C2CC2)nc(Nc2ccccc2)n1.N#C/N=C1\SCCN1Cc1ccc(Cl)nc1. The van der Waals surface area contributed by atoms with Crippen molar-refractivity contribution in [2.45, 2.75) is 32.2 Å². The third-order valence-electron chi connectivity index (χ3n) is 5.07. The van der Waals surface area contributed by atoms with Gasteiger partial charge in [0.1, 0.15) is 5.15 Å².